The first-order chi connectivity index (χ1) is 10.2. The van der Waals surface area contributed by atoms with E-state index in [1.807, 2.05) is 0 Å². The number of benzene rings is 1. The molecule has 0 bridgehead atoms. The van der Waals surface area contributed by atoms with Gasteiger partial charge in [-0.05, 0) is 50.2 Å². The van der Waals surface area contributed by atoms with Crippen molar-refractivity contribution in [3.8, 4) is 5.75 Å². The van der Waals surface area contributed by atoms with Crippen molar-refractivity contribution in [3.63, 3.8) is 0 Å². The summed E-state index contributed by atoms with van der Waals surface area (Å²) in [6, 6.07) is 6.62. The van der Waals surface area contributed by atoms with Crippen molar-refractivity contribution < 1.29 is 19.1 Å². The van der Waals surface area contributed by atoms with Crippen LogP contribution in [0.2, 0.25) is 0 Å². The average Bonchev–Trinajstić information content (AvgIpc) is 2.50. The Morgan fingerprint density at radius 2 is 1.81 bits per heavy atom. The van der Waals surface area contributed by atoms with E-state index in [4.69, 9.17) is 4.74 Å². The minimum absolute atomic E-state index is 0.152. The van der Waals surface area contributed by atoms with Crippen LogP contribution in [-0.4, -0.2) is 38.4 Å². The quantitative estimate of drug-likeness (QED) is 0.789. The summed E-state index contributed by atoms with van der Waals surface area (Å²) in [5.74, 6) is 0.414. The maximum atomic E-state index is 11.7. The summed E-state index contributed by atoms with van der Waals surface area (Å²) in [7, 11) is 1.29. The monoisotopic (exact) mass is 293 g/mol. The zero-order valence-electron chi connectivity index (χ0n) is 11.8. The number of carbonyl (C=O) groups is 2. The molecule has 1 aromatic rings. The number of nitrogens with one attached hydrogen (secondary N) is 3. The van der Waals surface area contributed by atoms with Crippen molar-refractivity contribution in [3.05, 3.63) is 24.3 Å². The van der Waals surface area contributed by atoms with Crippen LogP contribution in [0.5, 0.6) is 5.75 Å². The van der Waals surface area contributed by atoms with E-state index < -0.39 is 12.2 Å². The van der Waals surface area contributed by atoms with Gasteiger partial charge in [-0.3, -0.25) is 5.32 Å². The third kappa shape index (κ3) is 4.96. The number of hydrogen-bond donors (Lipinski definition) is 3. The Bertz CT molecular complexity index is 483. The standard InChI is InChI=1S/C14H19N3O4/c1-20-13(18)16-10-2-4-12(5-3-10)21-14(19)17-11-6-8-15-9-7-11/h2-5,11,15H,6-9H2,1H3,(H,16,18)(H,17,19). The lowest BCUT2D eigenvalue weighted by molar-refractivity contribution is 0.186. The largest absolute Gasteiger partial charge is 0.453 e. The minimum Gasteiger partial charge on any atom is -0.453 e. The second-order valence-corrected chi connectivity index (χ2v) is 4.70. The molecule has 2 rings (SSSR count). The van der Waals surface area contributed by atoms with E-state index >= 15 is 0 Å². The highest BCUT2D eigenvalue weighted by Gasteiger charge is 2.16. The van der Waals surface area contributed by atoms with Gasteiger partial charge in [0.15, 0.2) is 0 Å². The fourth-order valence-corrected chi connectivity index (χ4v) is 2.04. The van der Waals surface area contributed by atoms with Crippen LogP contribution in [0.15, 0.2) is 24.3 Å². The molecule has 1 fully saturated rings. The van der Waals surface area contributed by atoms with Crippen molar-refractivity contribution in [2.24, 2.45) is 0 Å². The Morgan fingerprint density at radius 3 is 2.43 bits per heavy atom. The molecule has 3 N–H and O–H groups in total. The van der Waals surface area contributed by atoms with Crippen LogP contribution in [-0.2, 0) is 4.74 Å². The molecule has 0 radical (unpaired) electrons. The van der Waals surface area contributed by atoms with Gasteiger partial charge in [0.2, 0.25) is 0 Å². The van der Waals surface area contributed by atoms with E-state index in [0.29, 0.717) is 11.4 Å². The second-order valence-electron chi connectivity index (χ2n) is 4.70. The summed E-state index contributed by atoms with van der Waals surface area (Å²) >= 11 is 0. The Morgan fingerprint density at radius 1 is 1.14 bits per heavy atom. The molecule has 1 saturated heterocycles. The molecule has 21 heavy (non-hydrogen) atoms. The minimum atomic E-state index is -0.549. The molecule has 0 saturated carbocycles. The average molecular weight is 293 g/mol. The summed E-state index contributed by atoms with van der Waals surface area (Å²) in [6.07, 6.45) is 0.789. The van der Waals surface area contributed by atoms with Gasteiger partial charge in [-0.15, -0.1) is 0 Å². The molecule has 0 aromatic heterocycles. The molecule has 0 atom stereocenters. The molecule has 2 amide bonds. The van der Waals surface area contributed by atoms with E-state index in [0.717, 1.165) is 25.9 Å². The van der Waals surface area contributed by atoms with Crippen molar-refractivity contribution in [1.82, 2.24) is 10.6 Å². The Kier molecular flexibility index (Phi) is 5.39. The second kappa shape index (κ2) is 7.49. The Balaban J connectivity index is 1.81. The smallest absolute Gasteiger partial charge is 0.412 e. The fraction of sp³-hybridized carbons (Fsp3) is 0.429. The molecular formula is C14H19N3O4. The highest BCUT2D eigenvalue weighted by Crippen LogP contribution is 2.16. The predicted octanol–water partition coefficient (Wildman–Crippen LogP) is 1.71. The topological polar surface area (TPSA) is 88.7 Å². The normalized spacial score (nSPS) is 15.1. The number of carbonyl (C=O) groups excluding carboxylic acids is 2. The highest BCUT2D eigenvalue weighted by atomic mass is 16.6. The van der Waals surface area contributed by atoms with Gasteiger partial charge in [-0.2, -0.15) is 0 Å². The molecular weight excluding hydrogens is 274 g/mol. The fourth-order valence-electron chi connectivity index (χ4n) is 2.04. The molecule has 1 aromatic carbocycles. The maximum absolute atomic E-state index is 11.7. The van der Waals surface area contributed by atoms with Gasteiger partial charge in [0.05, 0.1) is 7.11 Å². The van der Waals surface area contributed by atoms with E-state index in [9.17, 15) is 9.59 Å². The van der Waals surface area contributed by atoms with Gasteiger partial charge in [0.1, 0.15) is 5.75 Å². The Labute approximate surface area is 123 Å². The molecule has 1 aliphatic heterocycles. The highest BCUT2D eigenvalue weighted by molar-refractivity contribution is 5.84. The van der Waals surface area contributed by atoms with E-state index in [-0.39, 0.29) is 6.04 Å². The molecule has 114 valence electrons. The molecule has 1 aliphatic rings. The third-order valence-electron chi connectivity index (χ3n) is 3.16. The molecule has 0 aliphatic carbocycles. The van der Waals surface area contributed by atoms with Gasteiger partial charge in [0.25, 0.3) is 0 Å². The number of ether oxygens (including phenoxy) is 2. The summed E-state index contributed by atoms with van der Waals surface area (Å²) in [4.78, 5) is 22.8. The summed E-state index contributed by atoms with van der Waals surface area (Å²) in [5, 5.41) is 8.57. The van der Waals surface area contributed by atoms with Crippen LogP contribution in [0.1, 0.15) is 12.8 Å². The molecule has 0 spiro atoms. The number of hydrogen-bond acceptors (Lipinski definition) is 5. The lowest BCUT2D eigenvalue weighted by Gasteiger charge is -2.23. The molecule has 7 heteroatoms. The van der Waals surface area contributed by atoms with Gasteiger partial charge in [-0.1, -0.05) is 0 Å². The first kappa shape index (κ1) is 15.1. The van der Waals surface area contributed by atoms with Crippen molar-refractivity contribution >= 4 is 17.9 Å². The predicted molar refractivity (Wildman–Crippen MR) is 77.5 cm³/mol. The van der Waals surface area contributed by atoms with Crippen LogP contribution < -0.4 is 20.7 Å². The number of anilines is 1. The van der Waals surface area contributed by atoms with Gasteiger partial charge in [-0.25, -0.2) is 9.59 Å². The van der Waals surface area contributed by atoms with Crippen LogP contribution >= 0.6 is 0 Å². The third-order valence-corrected chi connectivity index (χ3v) is 3.16. The lowest BCUT2D eigenvalue weighted by atomic mass is 10.1. The van der Waals surface area contributed by atoms with E-state index in [1.165, 1.54) is 7.11 Å². The number of amides is 2. The van der Waals surface area contributed by atoms with E-state index in [2.05, 4.69) is 20.7 Å². The zero-order valence-corrected chi connectivity index (χ0v) is 11.8. The maximum Gasteiger partial charge on any atom is 0.412 e. The number of rotatable bonds is 3. The van der Waals surface area contributed by atoms with Crippen LogP contribution in [0.4, 0.5) is 15.3 Å². The van der Waals surface area contributed by atoms with Gasteiger partial charge < -0.3 is 20.1 Å². The van der Waals surface area contributed by atoms with Crippen molar-refractivity contribution in [2.75, 3.05) is 25.5 Å². The van der Waals surface area contributed by atoms with Gasteiger partial charge >= 0.3 is 12.2 Å². The summed E-state index contributed by atoms with van der Waals surface area (Å²) < 4.78 is 9.67. The first-order valence-electron chi connectivity index (χ1n) is 6.81. The van der Waals surface area contributed by atoms with Crippen LogP contribution in [0, 0.1) is 0 Å². The van der Waals surface area contributed by atoms with E-state index in [1.54, 1.807) is 24.3 Å². The molecule has 0 unspecified atom stereocenters. The van der Waals surface area contributed by atoms with Crippen LogP contribution in [0.25, 0.3) is 0 Å². The number of piperidine rings is 1. The van der Waals surface area contributed by atoms with Crippen molar-refractivity contribution in [1.29, 1.82) is 0 Å². The number of methoxy groups -OCH3 is 1. The molecule has 7 nitrogen and oxygen atoms in total. The van der Waals surface area contributed by atoms with Gasteiger partial charge in [0, 0.05) is 11.7 Å². The lowest BCUT2D eigenvalue weighted by Crippen LogP contribution is -2.43. The van der Waals surface area contributed by atoms with Crippen LogP contribution in [0.3, 0.4) is 0 Å². The van der Waals surface area contributed by atoms with Crippen molar-refractivity contribution in [2.45, 2.75) is 18.9 Å². The summed E-state index contributed by atoms with van der Waals surface area (Å²) in [5.41, 5.74) is 0.563. The zero-order chi connectivity index (χ0) is 15.1. The Hall–Kier alpha value is -2.28. The summed E-state index contributed by atoms with van der Waals surface area (Å²) in [6.45, 7) is 1.80. The SMILES string of the molecule is COC(=O)Nc1ccc(OC(=O)NC2CCNCC2)cc1. The first-order valence-corrected chi connectivity index (χ1v) is 6.81. The molecule has 1 heterocycles.